The van der Waals surface area contributed by atoms with E-state index >= 15 is 0 Å². The molecule has 3 rings (SSSR count). The fraction of sp³-hybridized carbons (Fsp3) is 0.261. The van der Waals surface area contributed by atoms with Gasteiger partial charge in [-0.05, 0) is 67.5 Å². The van der Waals surface area contributed by atoms with Crippen molar-refractivity contribution in [2.75, 3.05) is 20.2 Å². The van der Waals surface area contributed by atoms with Crippen LogP contribution in [-0.4, -0.2) is 52.1 Å². The topological polar surface area (TPSA) is 79.3 Å². The number of carbonyl (C=O) groups excluding carboxylic acids is 1. The highest BCUT2D eigenvalue weighted by Gasteiger charge is 2.34. The summed E-state index contributed by atoms with van der Waals surface area (Å²) >= 11 is 8.92. The Morgan fingerprint density at radius 1 is 1.16 bits per heavy atom. The normalized spacial score (nSPS) is 14.9. The van der Waals surface area contributed by atoms with E-state index in [1.54, 1.807) is 41.1 Å². The molecule has 1 amide bonds. The first-order valence-corrected chi connectivity index (χ1v) is 11.2. The summed E-state index contributed by atoms with van der Waals surface area (Å²) < 4.78 is 12.4. The lowest BCUT2D eigenvalue weighted by Crippen LogP contribution is -2.30. The molecule has 0 radical (unpaired) electrons. The third kappa shape index (κ3) is 4.94. The molecule has 32 heavy (non-hydrogen) atoms. The SMILES string of the molecule is CCOc1cc(/C=C2/C(=O)N(CC)C(=S)N2C)c(Br)cc1OCc1ccc(C(=O)O)cc1. The van der Waals surface area contributed by atoms with E-state index in [1.165, 1.54) is 12.1 Å². The molecule has 0 bridgehead atoms. The quantitative estimate of drug-likeness (QED) is 0.405. The van der Waals surface area contributed by atoms with E-state index in [-0.39, 0.29) is 18.1 Å². The summed E-state index contributed by atoms with van der Waals surface area (Å²) in [5.41, 5.74) is 2.28. The molecule has 0 spiro atoms. The smallest absolute Gasteiger partial charge is 0.335 e. The van der Waals surface area contributed by atoms with E-state index in [4.69, 9.17) is 26.8 Å². The van der Waals surface area contributed by atoms with E-state index in [9.17, 15) is 9.59 Å². The van der Waals surface area contributed by atoms with Gasteiger partial charge < -0.3 is 19.5 Å². The van der Waals surface area contributed by atoms with Gasteiger partial charge in [-0.25, -0.2) is 4.79 Å². The summed E-state index contributed by atoms with van der Waals surface area (Å²) in [5.74, 6) is -0.0540. The third-order valence-corrected chi connectivity index (χ3v) is 6.09. The summed E-state index contributed by atoms with van der Waals surface area (Å²) in [6, 6.07) is 10.1. The molecule has 1 heterocycles. The van der Waals surface area contributed by atoms with Crippen LogP contribution < -0.4 is 9.47 Å². The molecule has 168 valence electrons. The molecular weight excluding hydrogens is 496 g/mol. The van der Waals surface area contributed by atoms with Gasteiger partial charge in [-0.3, -0.25) is 9.69 Å². The van der Waals surface area contributed by atoms with Crippen LogP contribution in [0.2, 0.25) is 0 Å². The maximum absolute atomic E-state index is 12.7. The van der Waals surface area contributed by atoms with Crippen molar-refractivity contribution >= 4 is 51.2 Å². The summed E-state index contributed by atoms with van der Waals surface area (Å²) in [5, 5.41) is 9.49. The highest BCUT2D eigenvalue weighted by atomic mass is 79.9. The van der Waals surface area contributed by atoms with Crippen LogP contribution in [0.25, 0.3) is 6.08 Å². The Bertz CT molecular complexity index is 1080. The average Bonchev–Trinajstić information content (AvgIpc) is 2.97. The van der Waals surface area contributed by atoms with Crippen molar-refractivity contribution in [1.82, 2.24) is 9.80 Å². The zero-order valence-corrected chi connectivity index (χ0v) is 20.3. The number of carboxylic acids is 1. The number of aromatic carboxylic acids is 1. The Hall–Kier alpha value is -2.91. The van der Waals surface area contributed by atoms with Gasteiger partial charge in [0.05, 0.1) is 12.2 Å². The zero-order chi connectivity index (χ0) is 23.4. The number of hydrogen-bond acceptors (Lipinski definition) is 5. The van der Waals surface area contributed by atoms with E-state index in [0.29, 0.717) is 35.5 Å². The van der Waals surface area contributed by atoms with Crippen LogP contribution in [0.3, 0.4) is 0 Å². The van der Waals surface area contributed by atoms with Crippen molar-refractivity contribution in [2.45, 2.75) is 20.5 Å². The number of benzene rings is 2. The molecule has 1 aliphatic rings. The predicted octanol–water partition coefficient (Wildman–Crippen LogP) is 4.54. The fourth-order valence-electron chi connectivity index (χ4n) is 3.18. The Morgan fingerprint density at radius 2 is 1.81 bits per heavy atom. The minimum Gasteiger partial charge on any atom is -0.490 e. The van der Waals surface area contributed by atoms with Crippen molar-refractivity contribution in [3.05, 3.63) is 63.3 Å². The molecule has 0 aromatic heterocycles. The number of halogens is 1. The number of carbonyl (C=O) groups is 2. The van der Waals surface area contributed by atoms with Gasteiger partial charge in [-0.15, -0.1) is 0 Å². The van der Waals surface area contributed by atoms with Crippen LogP contribution in [-0.2, 0) is 11.4 Å². The monoisotopic (exact) mass is 518 g/mol. The van der Waals surface area contributed by atoms with Gasteiger partial charge in [0.15, 0.2) is 16.6 Å². The fourth-order valence-corrected chi connectivity index (χ4v) is 3.93. The molecule has 1 saturated heterocycles. The highest BCUT2D eigenvalue weighted by Crippen LogP contribution is 2.36. The third-order valence-electron chi connectivity index (χ3n) is 4.91. The standard InChI is InChI=1S/C23H23BrN2O5S/c1-4-26-21(27)18(25(3)23(26)32)10-16-11-19(30-5-2)20(12-17(16)24)31-13-14-6-8-15(9-7-14)22(28)29/h6-12H,4-5,13H2,1-3H3,(H,28,29)/b18-10-. The van der Waals surface area contributed by atoms with Gasteiger partial charge in [-0.1, -0.05) is 28.1 Å². The molecule has 9 heteroatoms. The van der Waals surface area contributed by atoms with Crippen LogP contribution in [0, 0.1) is 0 Å². The number of hydrogen-bond donors (Lipinski definition) is 1. The average molecular weight is 519 g/mol. The van der Waals surface area contributed by atoms with Gasteiger partial charge >= 0.3 is 5.97 Å². The predicted molar refractivity (Wildman–Crippen MR) is 129 cm³/mol. The summed E-state index contributed by atoms with van der Waals surface area (Å²) in [7, 11) is 1.77. The first-order chi connectivity index (χ1) is 15.3. The van der Waals surface area contributed by atoms with Crippen molar-refractivity contribution in [1.29, 1.82) is 0 Å². The van der Waals surface area contributed by atoms with Crippen LogP contribution in [0.4, 0.5) is 0 Å². The van der Waals surface area contributed by atoms with Crippen molar-refractivity contribution in [3.8, 4) is 11.5 Å². The van der Waals surface area contributed by atoms with Gasteiger partial charge in [-0.2, -0.15) is 0 Å². The minimum atomic E-state index is -0.973. The van der Waals surface area contributed by atoms with Crippen molar-refractivity contribution in [2.24, 2.45) is 0 Å². The molecule has 0 atom stereocenters. The summed E-state index contributed by atoms with van der Waals surface area (Å²) in [4.78, 5) is 26.9. The van der Waals surface area contributed by atoms with Gasteiger partial charge in [0, 0.05) is 18.1 Å². The highest BCUT2D eigenvalue weighted by molar-refractivity contribution is 9.10. The number of carboxylic acid groups (broad SMARTS) is 1. The maximum Gasteiger partial charge on any atom is 0.335 e. The number of amides is 1. The molecule has 7 nitrogen and oxygen atoms in total. The van der Waals surface area contributed by atoms with Crippen LogP contribution >= 0.6 is 28.1 Å². The first kappa shape index (κ1) is 23.7. The zero-order valence-electron chi connectivity index (χ0n) is 17.9. The summed E-state index contributed by atoms with van der Waals surface area (Å²) in [6.45, 7) is 4.94. The molecule has 0 unspecified atom stereocenters. The Labute approximate surface area is 200 Å². The minimum absolute atomic E-state index is 0.144. The van der Waals surface area contributed by atoms with E-state index in [0.717, 1.165) is 15.6 Å². The van der Waals surface area contributed by atoms with Crippen molar-refractivity contribution < 1.29 is 24.2 Å². The Morgan fingerprint density at radius 3 is 2.38 bits per heavy atom. The number of rotatable bonds is 8. The van der Waals surface area contributed by atoms with Gasteiger partial charge in [0.1, 0.15) is 12.3 Å². The van der Waals surface area contributed by atoms with E-state index in [1.807, 2.05) is 19.9 Å². The molecule has 1 N–H and O–H groups in total. The van der Waals surface area contributed by atoms with Crippen LogP contribution in [0.15, 0.2) is 46.6 Å². The van der Waals surface area contributed by atoms with E-state index < -0.39 is 5.97 Å². The number of thiocarbonyl (C=S) groups is 1. The second-order valence-electron chi connectivity index (χ2n) is 6.96. The second-order valence-corrected chi connectivity index (χ2v) is 8.18. The van der Waals surface area contributed by atoms with Gasteiger partial charge in [0.2, 0.25) is 0 Å². The molecule has 1 fully saturated rings. The lowest BCUT2D eigenvalue weighted by molar-refractivity contribution is -0.122. The van der Waals surface area contributed by atoms with Crippen LogP contribution in [0.5, 0.6) is 11.5 Å². The Balaban J connectivity index is 1.87. The summed E-state index contributed by atoms with van der Waals surface area (Å²) in [6.07, 6.45) is 1.77. The second kappa shape index (κ2) is 10.1. The lowest BCUT2D eigenvalue weighted by atomic mass is 10.1. The van der Waals surface area contributed by atoms with Crippen LogP contribution in [0.1, 0.15) is 35.3 Å². The largest absolute Gasteiger partial charge is 0.490 e. The molecule has 0 aliphatic carbocycles. The maximum atomic E-state index is 12.7. The van der Waals surface area contributed by atoms with E-state index in [2.05, 4.69) is 15.9 Å². The van der Waals surface area contributed by atoms with Crippen molar-refractivity contribution in [3.63, 3.8) is 0 Å². The first-order valence-electron chi connectivity index (χ1n) is 9.99. The Kier molecular flexibility index (Phi) is 7.52. The lowest BCUT2D eigenvalue weighted by Gasteiger charge is -2.15. The number of nitrogens with zero attached hydrogens (tertiary/aromatic N) is 2. The number of ether oxygens (including phenoxy) is 2. The molecule has 2 aromatic carbocycles. The molecular formula is C23H23BrN2O5S. The molecule has 1 aliphatic heterocycles. The molecule has 2 aromatic rings. The number of likely N-dealkylation sites (N-methyl/N-ethyl adjacent to an activating group) is 2. The van der Waals surface area contributed by atoms with Gasteiger partial charge in [0.25, 0.3) is 5.91 Å². The molecule has 0 saturated carbocycles.